The number of hydrogen-bond acceptors (Lipinski definition) is 4. The van der Waals surface area contributed by atoms with Crippen LogP contribution in [0.3, 0.4) is 0 Å². The molecule has 2 aromatic rings. The largest absolute Gasteiger partial charge is 0.350 e. The Morgan fingerprint density at radius 3 is 2.43 bits per heavy atom. The van der Waals surface area contributed by atoms with Crippen molar-refractivity contribution in [3.05, 3.63) is 26.1 Å². The number of rotatable bonds is 4. The van der Waals surface area contributed by atoms with Crippen LogP contribution in [0.4, 0.5) is 0 Å². The molecule has 0 fully saturated rings. The van der Waals surface area contributed by atoms with Gasteiger partial charge in [0, 0.05) is 19.6 Å². The Bertz CT molecular complexity index is 890. The number of halogens is 1. The molecule has 1 N–H and O–H groups in total. The van der Waals surface area contributed by atoms with Gasteiger partial charge in [0.05, 0.1) is 0 Å². The van der Waals surface area contributed by atoms with Crippen molar-refractivity contribution in [2.45, 2.75) is 39.3 Å². The van der Waals surface area contributed by atoms with Crippen LogP contribution in [0.15, 0.2) is 9.59 Å². The normalized spacial score (nSPS) is 11.9. The van der Waals surface area contributed by atoms with E-state index in [-0.39, 0.29) is 34.4 Å². The van der Waals surface area contributed by atoms with Gasteiger partial charge in [-0.3, -0.25) is 23.3 Å². The average molecular weight is 342 g/mol. The predicted octanol–water partition coefficient (Wildman–Crippen LogP) is 0.392. The van der Waals surface area contributed by atoms with Gasteiger partial charge in [0.2, 0.25) is 11.2 Å². The second-order valence-electron chi connectivity index (χ2n) is 6.13. The Balaban J connectivity index is 2.55. The molecule has 0 aromatic carbocycles. The molecule has 126 valence electrons. The Labute approximate surface area is 137 Å². The molecule has 2 aromatic heterocycles. The van der Waals surface area contributed by atoms with E-state index in [4.69, 9.17) is 11.6 Å². The highest BCUT2D eigenvalue weighted by atomic mass is 35.5. The van der Waals surface area contributed by atoms with E-state index in [0.29, 0.717) is 0 Å². The molecule has 2 heterocycles. The third-order valence-electron chi connectivity index (χ3n) is 3.96. The zero-order chi connectivity index (χ0) is 17.5. The number of imidazole rings is 1. The molecule has 0 aliphatic carbocycles. The third-order valence-corrected chi connectivity index (χ3v) is 4.25. The average Bonchev–Trinajstić information content (AvgIpc) is 2.79. The summed E-state index contributed by atoms with van der Waals surface area (Å²) in [6.07, 6.45) is 0.757. The number of amides is 1. The summed E-state index contributed by atoms with van der Waals surface area (Å²) < 4.78 is 3.51. The molecular weight excluding hydrogens is 322 g/mol. The highest BCUT2D eigenvalue weighted by Gasteiger charge is 2.22. The van der Waals surface area contributed by atoms with Gasteiger partial charge in [-0.2, -0.15) is 4.98 Å². The molecule has 9 heteroatoms. The van der Waals surface area contributed by atoms with Gasteiger partial charge in [-0.15, -0.1) is 0 Å². The van der Waals surface area contributed by atoms with Crippen molar-refractivity contribution in [1.82, 2.24) is 24.0 Å². The number of nitrogens with zero attached hydrogens (tertiary/aromatic N) is 4. The van der Waals surface area contributed by atoms with Crippen molar-refractivity contribution < 1.29 is 4.79 Å². The van der Waals surface area contributed by atoms with Crippen molar-refractivity contribution in [2.75, 3.05) is 0 Å². The first kappa shape index (κ1) is 17.3. The maximum Gasteiger partial charge on any atom is 0.332 e. The first-order valence-corrected chi connectivity index (χ1v) is 7.59. The summed E-state index contributed by atoms with van der Waals surface area (Å²) in [7, 11) is 2.87. The lowest BCUT2D eigenvalue weighted by molar-refractivity contribution is -0.123. The van der Waals surface area contributed by atoms with Gasteiger partial charge < -0.3 is 5.32 Å². The van der Waals surface area contributed by atoms with Gasteiger partial charge in [0.15, 0.2) is 11.2 Å². The zero-order valence-corrected chi connectivity index (χ0v) is 14.6. The summed E-state index contributed by atoms with van der Waals surface area (Å²) in [4.78, 5) is 40.6. The second-order valence-corrected chi connectivity index (χ2v) is 6.47. The molecule has 1 amide bonds. The summed E-state index contributed by atoms with van der Waals surface area (Å²) in [5, 5.41) is 2.86. The Morgan fingerprint density at radius 1 is 1.26 bits per heavy atom. The molecule has 0 aliphatic rings. The molecule has 0 saturated carbocycles. The van der Waals surface area contributed by atoms with Crippen LogP contribution in [-0.4, -0.2) is 30.1 Å². The summed E-state index contributed by atoms with van der Waals surface area (Å²) >= 11 is 6.07. The maximum absolute atomic E-state index is 12.4. The van der Waals surface area contributed by atoms with Gasteiger partial charge in [0.1, 0.15) is 6.54 Å². The number of hydrogen-bond donors (Lipinski definition) is 1. The summed E-state index contributed by atoms with van der Waals surface area (Å²) in [5.74, 6) is -0.283. The van der Waals surface area contributed by atoms with E-state index >= 15 is 0 Å². The molecule has 23 heavy (non-hydrogen) atoms. The third kappa shape index (κ3) is 3.03. The van der Waals surface area contributed by atoms with Crippen LogP contribution in [0, 0.1) is 0 Å². The minimum Gasteiger partial charge on any atom is -0.350 e. The minimum absolute atomic E-state index is 0.0113. The van der Waals surface area contributed by atoms with Gasteiger partial charge >= 0.3 is 5.69 Å². The molecule has 0 unspecified atom stereocenters. The zero-order valence-electron chi connectivity index (χ0n) is 13.8. The van der Waals surface area contributed by atoms with E-state index in [2.05, 4.69) is 10.3 Å². The van der Waals surface area contributed by atoms with Gasteiger partial charge in [-0.1, -0.05) is 6.92 Å². The Kier molecular flexibility index (Phi) is 4.39. The lowest BCUT2D eigenvalue weighted by Crippen LogP contribution is -2.44. The van der Waals surface area contributed by atoms with E-state index in [9.17, 15) is 14.4 Å². The van der Waals surface area contributed by atoms with Crippen LogP contribution in [0.25, 0.3) is 11.2 Å². The quantitative estimate of drug-likeness (QED) is 0.814. The number of aryl methyl sites for hydroxylation is 1. The van der Waals surface area contributed by atoms with Crippen LogP contribution >= 0.6 is 11.6 Å². The van der Waals surface area contributed by atoms with Gasteiger partial charge in [-0.05, 0) is 31.9 Å². The smallest absolute Gasteiger partial charge is 0.332 e. The highest BCUT2D eigenvalue weighted by Crippen LogP contribution is 2.16. The highest BCUT2D eigenvalue weighted by molar-refractivity contribution is 6.29. The van der Waals surface area contributed by atoms with Crippen LogP contribution < -0.4 is 16.6 Å². The van der Waals surface area contributed by atoms with Crippen LogP contribution in [-0.2, 0) is 25.4 Å². The molecule has 8 nitrogen and oxygen atoms in total. The van der Waals surface area contributed by atoms with Gasteiger partial charge in [0.25, 0.3) is 5.56 Å². The SMILES string of the molecule is CCC(C)(C)NC(=O)Cn1c(Cl)nc2c1c(=O)n(C)c(=O)n2C. The Hall–Kier alpha value is -2.09. The van der Waals surface area contributed by atoms with Crippen molar-refractivity contribution in [1.29, 1.82) is 0 Å². The topological polar surface area (TPSA) is 90.9 Å². The van der Waals surface area contributed by atoms with Crippen molar-refractivity contribution in [3.8, 4) is 0 Å². The maximum atomic E-state index is 12.4. The lowest BCUT2D eigenvalue weighted by atomic mass is 10.0. The fourth-order valence-electron chi connectivity index (χ4n) is 2.21. The summed E-state index contributed by atoms with van der Waals surface area (Å²) in [6, 6.07) is 0. The minimum atomic E-state index is -0.537. The number of carbonyl (C=O) groups is 1. The van der Waals surface area contributed by atoms with Crippen LogP contribution in [0.1, 0.15) is 27.2 Å². The van der Waals surface area contributed by atoms with E-state index in [0.717, 1.165) is 11.0 Å². The van der Waals surface area contributed by atoms with E-state index < -0.39 is 11.2 Å². The molecular formula is C14H20ClN5O3. The predicted molar refractivity (Wildman–Crippen MR) is 87.7 cm³/mol. The number of fused-ring (bicyclic) bond motifs is 1. The standard InChI is InChI=1S/C14H20ClN5O3/c1-6-14(2,3)17-8(21)7-20-9-10(16-12(20)15)18(4)13(23)19(5)11(9)22/h6-7H2,1-5H3,(H,17,21). The number of aromatic nitrogens is 4. The fourth-order valence-corrected chi connectivity index (χ4v) is 2.44. The molecule has 0 spiro atoms. The number of carbonyl (C=O) groups excluding carboxylic acids is 1. The van der Waals surface area contributed by atoms with Crippen molar-refractivity contribution >= 4 is 28.7 Å². The molecule has 0 atom stereocenters. The fraction of sp³-hybridized carbons (Fsp3) is 0.571. The monoisotopic (exact) mass is 341 g/mol. The summed E-state index contributed by atoms with van der Waals surface area (Å²) in [5.41, 5.74) is -1.11. The first-order chi connectivity index (χ1) is 10.6. The molecule has 2 rings (SSSR count). The first-order valence-electron chi connectivity index (χ1n) is 7.22. The molecule has 0 bridgehead atoms. The Morgan fingerprint density at radius 2 is 1.87 bits per heavy atom. The molecule has 0 radical (unpaired) electrons. The molecule has 0 aliphatic heterocycles. The van der Waals surface area contributed by atoms with Crippen LogP contribution in [0.5, 0.6) is 0 Å². The van der Waals surface area contributed by atoms with Gasteiger partial charge in [-0.25, -0.2) is 4.79 Å². The van der Waals surface area contributed by atoms with Crippen molar-refractivity contribution in [3.63, 3.8) is 0 Å². The van der Waals surface area contributed by atoms with E-state index in [1.54, 1.807) is 0 Å². The second kappa shape index (κ2) is 5.84. The molecule has 0 saturated heterocycles. The lowest BCUT2D eigenvalue weighted by Gasteiger charge is -2.24. The van der Waals surface area contributed by atoms with E-state index in [1.165, 1.54) is 23.2 Å². The van der Waals surface area contributed by atoms with E-state index in [1.807, 2.05) is 20.8 Å². The summed E-state index contributed by atoms with van der Waals surface area (Å²) in [6.45, 7) is 5.63. The van der Waals surface area contributed by atoms with Crippen LogP contribution in [0.2, 0.25) is 5.28 Å². The van der Waals surface area contributed by atoms with Crippen molar-refractivity contribution in [2.24, 2.45) is 14.1 Å². The number of nitrogens with one attached hydrogen (secondary N) is 1.